The smallest absolute Gasteiger partial charge is 0.224 e. The molecule has 15 heavy (non-hydrogen) atoms. The number of piperidine rings is 1. The summed E-state index contributed by atoms with van der Waals surface area (Å²) in [5.74, 6) is 0.166. The maximum Gasteiger partial charge on any atom is 0.224 e. The predicted molar refractivity (Wildman–Crippen MR) is 63.9 cm³/mol. The van der Waals surface area contributed by atoms with Crippen molar-refractivity contribution < 1.29 is 4.79 Å². The highest BCUT2D eigenvalue weighted by Crippen LogP contribution is 2.16. The lowest BCUT2D eigenvalue weighted by molar-refractivity contribution is -0.134. The van der Waals surface area contributed by atoms with Gasteiger partial charge in [-0.25, -0.2) is 0 Å². The molecule has 90 valence electrons. The van der Waals surface area contributed by atoms with E-state index in [1.807, 2.05) is 11.8 Å². The molecule has 0 saturated carbocycles. The van der Waals surface area contributed by atoms with Gasteiger partial charge in [-0.1, -0.05) is 0 Å². The molecule has 3 atom stereocenters. The first-order chi connectivity index (χ1) is 6.50. The van der Waals surface area contributed by atoms with Crippen molar-refractivity contribution >= 4 is 18.3 Å². The summed E-state index contributed by atoms with van der Waals surface area (Å²) in [6, 6.07) is 0.472. The Kier molecular flexibility index (Phi) is 6.17. The Morgan fingerprint density at radius 1 is 1.60 bits per heavy atom. The zero-order valence-electron chi connectivity index (χ0n) is 9.48. The Bertz CT molecular complexity index is 211. The van der Waals surface area contributed by atoms with Crippen molar-refractivity contribution in [3.8, 4) is 0 Å². The molecule has 0 aromatic carbocycles. The summed E-state index contributed by atoms with van der Waals surface area (Å²) in [6.07, 6.45) is 2.26. The summed E-state index contributed by atoms with van der Waals surface area (Å²) >= 11 is 0. The number of halogens is 1. The third kappa shape index (κ3) is 4.36. The van der Waals surface area contributed by atoms with Gasteiger partial charge in [-0.3, -0.25) is 4.79 Å². The van der Waals surface area contributed by atoms with Gasteiger partial charge in [-0.15, -0.1) is 12.4 Å². The summed E-state index contributed by atoms with van der Waals surface area (Å²) in [5, 5.41) is 0. The van der Waals surface area contributed by atoms with E-state index in [1.54, 1.807) is 0 Å². The van der Waals surface area contributed by atoms with Crippen LogP contribution in [0.1, 0.15) is 33.1 Å². The Morgan fingerprint density at radius 2 is 2.20 bits per heavy atom. The average Bonchev–Trinajstić information content (AvgIpc) is 2.01. The molecule has 3 unspecified atom stereocenters. The molecule has 0 bridgehead atoms. The molecule has 1 amide bonds. The molecule has 1 fully saturated rings. The molecule has 1 aliphatic heterocycles. The fraction of sp³-hybridized carbons (Fsp3) is 0.900. The van der Waals surface area contributed by atoms with Gasteiger partial charge < -0.3 is 16.4 Å². The molecule has 1 rings (SSSR count). The zero-order chi connectivity index (χ0) is 10.7. The summed E-state index contributed by atoms with van der Waals surface area (Å²) in [7, 11) is 0. The van der Waals surface area contributed by atoms with E-state index < -0.39 is 0 Å². The molecule has 1 aliphatic rings. The molecule has 1 saturated heterocycles. The molecule has 1 heterocycles. The SMILES string of the molecule is CC(N)CC(=O)N1CCC(N)CC1C.Cl. The summed E-state index contributed by atoms with van der Waals surface area (Å²) in [6.45, 7) is 4.70. The summed E-state index contributed by atoms with van der Waals surface area (Å²) < 4.78 is 0. The van der Waals surface area contributed by atoms with E-state index >= 15 is 0 Å². The van der Waals surface area contributed by atoms with Crippen LogP contribution in [0.4, 0.5) is 0 Å². The van der Waals surface area contributed by atoms with Crippen molar-refractivity contribution in [2.75, 3.05) is 6.54 Å². The van der Waals surface area contributed by atoms with Crippen molar-refractivity contribution in [3.05, 3.63) is 0 Å². The molecule has 5 heteroatoms. The molecule has 0 radical (unpaired) electrons. The molecule has 4 nitrogen and oxygen atoms in total. The van der Waals surface area contributed by atoms with Crippen LogP contribution in [0.25, 0.3) is 0 Å². The van der Waals surface area contributed by atoms with E-state index in [4.69, 9.17) is 11.5 Å². The van der Waals surface area contributed by atoms with Crippen molar-refractivity contribution in [1.29, 1.82) is 0 Å². The Labute approximate surface area is 97.8 Å². The fourth-order valence-electron chi connectivity index (χ4n) is 1.97. The van der Waals surface area contributed by atoms with Gasteiger partial charge in [-0.05, 0) is 26.7 Å². The number of carbonyl (C=O) groups is 1. The van der Waals surface area contributed by atoms with Crippen LogP contribution >= 0.6 is 12.4 Å². The number of amides is 1. The second kappa shape index (κ2) is 6.30. The minimum absolute atomic E-state index is 0. The molecular formula is C10H22ClN3O. The summed E-state index contributed by atoms with van der Waals surface area (Å²) in [5.41, 5.74) is 11.4. The second-order valence-electron chi connectivity index (χ2n) is 4.40. The van der Waals surface area contributed by atoms with Crippen LogP contribution < -0.4 is 11.5 Å². The van der Waals surface area contributed by atoms with E-state index in [0.29, 0.717) is 6.42 Å². The van der Waals surface area contributed by atoms with Gasteiger partial charge in [0, 0.05) is 31.1 Å². The highest BCUT2D eigenvalue weighted by atomic mass is 35.5. The standard InChI is InChI=1S/C10H21N3O.ClH/c1-7(11)5-10(14)13-4-3-9(12)6-8(13)2;/h7-9H,3-6,11-12H2,1-2H3;1H. The van der Waals surface area contributed by atoms with Crippen LogP contribution in [0.15, 0.2) is 0 Å². The normalized spacial score (nSPS) is 28.1. The maximum absolute atomic E-state index is 11.7. The molecular weight excluding hydrogens is 214 g/mol. The van der Waals surface area contributed by atoms with E-state index in [2.05, 4.69) is 6.92 Å². The van der Waals surface area contributed by atoms with Gasteiger partial charge in [0.2, 0.25) is 5.91 Å². The van der Waals surface area contributed by atoms with Crippen molar-refractivity contribution in [2.24, 2.45) is 11.5 Å². The number of hydrogen-bond donors (Lipinski definition) is 2. The number of rotatable bonds is 2. The lowest BCUT2D eigenvalue weighted by atomic mass is 9.98. The minimum atomic E-state index is -0.0506. The lowest BCUT2D eigenvalue weighted by Crippen LogP contribution is -2.49. The van der Waals surface area contributed by atoms with Crippen LogP contribution in [-0.2, 0) is 4.79 Å². The van der Waals surface area contributed by atoms with Crippen LogP contribution in [0.5, 0.6) is 0 Å². The quantitative estimate of drug-likeness (QED) is 0.732. The van der Waals surface area contributed by atoms with Gasteiger partial charge >= 0.3 is 0 Å². The largest absolute Gasteiger partial charge is 0.340 e. The number of carbonyl (C=O) groups excluding carboxylic acids is 1. The van der Waals surface area contributed by atoms with Crippen LogP contribution in [0.3, 0.4) is 0 Å². The number of likely N-dealkylation sites (tertiary alicyclic amines) is 1. The number of nitrogens with two attached hydrogens (primary N) is 2. The van der Waals surface area contributed by atoms with Crippen molar-refractivity contribution in [2.45, 2.75) is 51.2 Å². The maximum atomic E-state index is 11.7. The molecule has 0 spiro atoms. The first kappa shape index (κ1) is 14.7. The second-order valence-corrected chi connectivity index (χ2v) is 4.40. The third-order valence-electron chi connectivity index (χ3n) is 2.73. The van der Waals surface area contributed by atoms with Crippen LogP contribution in [0, 0.1) is 0 Å². The Morgan fingerprint density at radius 3 is 2.67 bits per heavy atom. The van der Waals surface area contributed by atoms with Crippen molar-refractivity contribution in [1.82, 2.24) is 4.90 Å². The van der Waals surface area contributed by atoms with E-state index in [9.17, 15) is 4.79 Å². The number of nitrogens with zero attached hydrogens (tertiary/aromatic N) is 1. The molecule has 0 aromatic rings. The van der Waals surface area contributed by atoms with Gasteiger partial charge in [-0.2, -0.15) is 0 Å². The van der Waals surface area contributed by atoms with E-state index in [1.165, 1.54) is 0 Å². The highest BCUT2D eigenvalue weighted by Gasteiger charge is 2.26. The Hall–Kier alpha value is -0.320. The van der Waals surface area contributed by atoms with Crippen LogP contribution in [-0.4, -0.2) is 35.5 Å². The molecule has 0 aliphatic carbocycles. The Balaban J connectivity index is 0.00000196. The van der Waals surface area contributed by atoms with Crippen molar-refractivity contribution in [3.63, 3.8) is 0 Å². The van der Waals surface area contributed by atoms with Gasteiger partial charge in [0.1, 0.15) is 0 Å². The first-order valence-corrected chi connectivity index (χ1v) is 5.31. The topological polar surface area (TPSA) is 72.4 Å². The van der Waals surface area contributed by atoms with Crippen LogP contribution in [0.2, 0.25) is 0 Å². The minimum Gasteiger partial charge on any atom is -0.340 e. The first-order valence-electron chi connectivity index (χ1n) is 5.31. The number of hydrogen-bond acceptors (Lipinski definition) is 3. The van der Waals surface area contributed by atoms with Gasteiger partial charge in [0.05, 0.1) is 0 Å². The highest BCUT2D eigenvalue weighted by molar-refractivity contribution is 5.85. The van der Waals surface area contributed by atoms with Gasteiger partial charge in [0.25, 0.3) is 0 Å². The lowest BCUT2D eigenvalue weighted by Gasteiger charge is -2.36. The fourth-order valence-corrected chi connectivity index (χ4v) is 1.97. The monoisotopic (exact) mass is 235 g/mol. The average molecular weight is 236 g/mol. The summed E-state index contributed by atoms with van der Waals surface area (Å²) in [4.78, 5) is 13.6. The molecule has 4 N–H and O–H groups in total. The van der Waals surface area contributed by atoms with E-state index in [-0.39, 0.29) is 36.4 Å². The predicted octanol–water partition coefficient (Wildman–Crippen LogP) is 0.484. The van der Waals surface area contributed by atoms with Gasteiger partial charge in [0.15, 0.2) is 0 Å². The zero-order valence-corrected chi connectivity index (χ0v) is 10.3. The van der Waals surface area contributed by atoms with E-state index in [0.717, 1.165) is 19.4 Å². The third-order valence-corrected chi connectivity index (χ3v) is 2.73. The molecule has 0 aromatic heterocycles.